The van der Waals surface area contributed by atoms with Gasteiger partial charge < -0.3 is 10.2 Å². The summed E-state index contributed by atoms with van der Waals surface area (Å²) < 4.78 is 0. The van der Waals surface area contributed by atoms with E-state index in [9.17, 15) is 4.79 Å². The molecule has 22 heavy (non-hydrogen) atoms. The van der Waals surface area contributed by atoms with Crippen molar-refractivity contribution in [2.24, 2.45) is 11.8 Å². The molecule has 2 aliphatic rings. The number of hydrogen-bond acceptors (Lipinski definition) is 1. The van der Waals surface area contributed by atoms with Crippen LogP contribution in [-0.2, 0) is 4.79 Å². The van der Waals surface area contributed by atoms with Crippen molar-refractivity contribution < 1.29 is 9.69 Å². The smallest absolute Gasteiger partial charge is 0.279 e. The van der Waals surface area contributed by atoms with Crippen LogP contribution in [0, 0.1) is 25.7 Å². The van der Waals surface area contributed by atoms with Crippen LogP contribution in [0.2, 0.25) is 0 Å². The van der Waals surface area contributed by atoms with Gasteiger partial charge in [0.05, 0.1) is 13.1 Å². The van der Waals surface area contributed by atoms with Crippen LogP contribution < -0.4 is 10.2 Å². The van der Waals surface area contributed by atoms with Crippen LogP contribution in [0.5, 0.6) is 0 Å². The van der Waals surface area contributed by atoms with E-state index in [1.165, 1.54) is 50.1 Å². The lowest BCUT2D eigenvalue weighted by molar-refractivity contribution is -0.902. The van der Waals surface area contributed by atoms with E-state index < -0.39 is 0 Å². The van der Waals surface area contributed by atoms with Crippen LogP contribution in [-0.4, -0.2) is 25.5 Å². The molecule has 1 aliphatic carbocycles. The average molecular weight is 301 g/mol. The molecular weight excluding hydrogens is 272 g/mol. The Morgan fingerprint density at radius 1 is 1.14 bits per heavy atom. The van der Waals surface area contributed by atoms with E-state index in [4.69, 9.17) is 0 Å². The number of quaternary nitrogens is 1. The number of carbonyl (C=O) groups is 1. The third-order valence-corrected chi connectivity index (χ3v) is 5.64. The molecule has 3 heteroatoms. The standard InChI is InChI=1S/C19H28N2O/c1-14-6-5-7-15(2)19(14)20-18(22)13-21-11-10-16-8-3-4-9-17(16)12-21/h5-7,16-17H,3-4,8-13H2,1-2H3,(H,20,22)/p+1/t16-,17+/m0/s1. The summed E-state index contributed by atoms with van der Waals surface area (Å²) in [6.45, 7) is 7.11. The molecule has 3 nitrogen and oxygen atoms in total. The van der Waals surface area contributed by atoms with Crippen LogP contribution in [0.15, 0.2) is 18.2 Å². The number of anilines is 1. The van der Waals surface area contributed by atoms with Gasteiger partial charge in [0.25, 0.3) is 5.91 Å². The largest absolute Gasteiger partial charge is 0.327 e. The molecule has 3 atom stereocenters. The minimum absolute atomic E-state index is 0.168. The number of nitrogens with one attached hydrogen (secondary N) is 2. The first-order valence-corrected chi connectivity index (χ1v) is 8.83. The van der Waals surface area contributed by atoms with Crippen molar-refractivity contribution in [3.8, 4) is 0 Å². The Morgan fingerprint density at radius 3 is 2.55 bits per heavy atom. The highest BCUT2D eigenvalue weighted by Gasteiger charge is 2.34. The molecule has 1 amide bonds. The summed E-state index contributed by atoms with van der Waals surface area (Å²) in [5.41, 5.74) is 3.29. The third kappa shape index (κ3) is 3.52. The molecule has 1 aromatic carbocycles. The minimum Gasteiger partial charge on any atom is -0.327 e. The molecule has 1 unspecified atom stereocenters. The Morgan fingerprint density at radius 2 is 1.82 bits per heavy atom. The van der Waals surface area contributed by atoms with E-state index >= 15 is 0 Å². The summed E-state index contributed by atoms with van der Waals surface area (Å²) in [6.07, 6.45) is 6.93. The summed E-state index contributed by atoms with van der Waals surface area (Å²) in [7, 11) is 0. The SMILES string of the molecule is Cc1cccc(C)c1NC(=O)C[NH+]1CC[C@@H]2CCCC[C@@H]2C1. The molecule has 1 heterocycles. The van der Waals surface area contributed by atoms with Crippen molar-refractivity contribution in [2.75, 3.05) is 25.0 Å². The van der Waals surface area contributed by atoms with Gasteiger partial charge in [-0.3, -0.25) is 4.79 Å². The highest BCUT2D eigenvalue weighted by molar-refractivity contribution is 5.93. The molecular formula is C19H29N2O+. The first-order chi connectivity index (χ1) is 10.6. The van der Waals surface area contributed by atoms with Gasteiger partial charge in [-0.15, -0.1) is 0 Å². The van der Waals surface area contributed by atoms with Crippen molar-refractivity contribution in [3.63, 3.8) is 0 Å². The Labute approximate surface area is 134 Å². The zero-order valence-corrected chi connectivity index (χ0v) is 14.0. The maximum atomic E-state index is 12.4. The second-order valence-corrected chi connectivity index (χ2v) is 7.29. The van der Waals surface area contributed by atoms with Gasteiger partial charge in [0.15, 0.2) is 6.54 Å². The molecule has 1 aliphatic heterocycles. The number of aryl methyl sites for hydroxylation is 2. The predicted octanol–water partition coefficient (Wildman–Crippen LogP) is 2.34. The van der Waals surface area contributed by atoms with E-state index in [0.29, 0.717) is 6.54 Å². The molecule has 120 valence electrons. The lowest BCUT2D eigenvalue weighted by atomic mass is 9.75. The zero-order chi connectivity index (χ0) is 15.5. The van der Waals surface area contributed by atoms with Crippen molar-refractivity contribution in [1.82, 2.24) is 0 Å². The van der Waals surface area contributed by atoms with Crippen molar-refractivity contribution in [3.05, 3.63) is 29.3 Å². The molecule has 2 fully saturated rings. The zero-order valence-electron chi connectivity index (χ0n) is 14.0. The molecule has 1 saturated carbocycles. The van der Waals surface area contributed by atoms with Gasteiger partial charge in [-0.2, -0.15) is 0 Å². The number of rotatable bonds is 3. The maximum absolute atomic E-state index is 12.4. The average Bonchev–Trinajstić information content (AvgIpc) is 2.51. The van der Waals surface area contributed by atoms with Crippen LogP contribution >= 0.6 is 0 Å². The van der Waals surface area contributed by atoms with Gasteiger partial charge in [0.1, 0.15) is 0 Å². The Hall–Kier alpha value is -1.35. The molecule has 0 radical (unpaired) electrons. The van der Waals surface area contributed by atoms with Gasteiger partial charge >= 0.3 is 0 Å². The molecule has 0 spiro atoms. The van der Waals surface area contributed by atoms with Crippen LogP contribution in [0.3, 0.4) is 0 Å². The first kappa shape index (κ1) is 15.5. The molecule has 1 saturated heterocycles. The third-order valence-electron chi connectivity index (χ3n) is 5.64. The molecule has 0 bridgehead atoms. The summed E-state index contributed by atoms with van der Waals surface area (Å²) in [5.74, 6) is 1.98. The van der Waals surface area contributed by atoms with Crippen molar-refractivity contribution in [1.29, 1.82) is 0 Å². The van der Waals surface area contributed by atoms with Gasteiger partial charge in [-0.25, -0.2) is 0 Å². The van der Waals surface area contributed by atoms with Crippen molar-refractivity contribution in [2.45, 2.75) is 46.0 Å². The summed E-state index contributed by atoms with van der Waals surface area (Å²) in [6, 6.07) is 6.16. The molecule has 3 rings (SSSR count). The quantitative estimate of drug-likeness (QED) is 0.883. The molecule has 1 aromatic rings. The van der Waals surface area contributed by atoms with E-state index in [-0.39, 0.29) is 5.91 Å². The van der Waals surface area contributed by atoms with Crippen LogP contribution in [0.4, 0.5) is 5.69 Å². The summed E-state index contributed by atoms with van der Waals surface area (Å²) in [4.78, 5) is 13.9. The fraction of sp³-hybridized carbons (Fsp3) is 0.632. The van der Waals surface area contributed by atoms with E-state index in [1.807, 2.05) is 6.07 Å². The van der Waals surface area contributed by atoms with Crippen LogP contribution in [0.1, 0.15) is 43.2 Å². The summed E-state index contributed by atoms with van der Waals surface area (Å²) >= 11 is 0. The Bertz CT molecular complexity index is 520. The Kier molecular flexibility index (Phi) is 4.82. The van der Waals surface area contributed by atoms with Gasteiger partial charge in [-0.1, -0.05) is 31.0 Å². The number of piperidine rings is 1. The molecule has 0 aromatic heterocycles. The number of hydrogen-bond donors (Lipinski definition) is 2. The van der Waals surface area contributed by atoms with Gasteiger partial charge in [-0.05, 0) is 50.2 Å². The fourth-order valence-corrected chi connectivity index (χ4v) is 4.38. The highest BCUT2D eigenvalue weighted by atomic mass is 16.2. The summed E-state index contributed by atoms with van der Waals surface area (Å²) in [5, 5.41) is 3.14. The van der Waals surface area contributed by atoms with Gasteiger partial charge in [0.2, 0.25) is 0 Å². The maximum Gasteiger partial charge on any atom is 0.279 e. The second-order valence-electron chi connectivity index (χ2n) is 7.29. The van der Waals surface area contributed by atoms with E-state index in [2.05, 4.69) is 31.3 Å². The lowest BCUT2D eigenvalue weighted by Crippen LogP contribution is -3.15. The lowest BCUT2D eigenvalue weighted by Gasteiger charge is -2.38. The monoisotopic (exact) mass is 301 g/mol. The minimum atomic E-state index is 0.168. The normalized spacial score (nSPS) is 28.0. The predicted molar refractivity (Wildman–Crippen MR) is 90.2 cm³/mol. The van der Waals surface area contributed by atoms with E-state index in [0.717, 1.165) is 28.7 Å². The first-order valence-electron chi connectivity index (χ1n) is 8.83. The number of fused-ring (bicyclic) bond motifs is 1. The fourth-order valence-electron chi connectivity index (χ4n) is 4.38. The highest BCUT2D eigenvalue weighted by Crippen LogP contribution is 2.32. The number of para-hydroxylation sites is 1. The number of carbonyl (C=O) groups excluding carboxylic acids is 1. The second kappa shape index (κ2) is 6.82. The number of benzene rings is 1. The van der Waals surface area contributed by atoms with Gasteiger partial charge in [0, 0.05) is 11.6 Å². The topological polar surface area (TPSA) is 33.5 Å². The van der Waals surface area contributed by atoms with Crippen molar-refractivity contribution >= 4 is 11.6 Å². The molecule has 2 N–H and O–H groups in total. The van der Waals surface area contributed by atoms with E-state index in [1.54, 1.807) is 0 Å². The van der Waals surface area contributed by atoms with Crippen LogP contribution in [0.25, 0.3) is 0 Å². The number of amides is 1. The number of likely N-dealkylation sites (tertiary alicyclic amines) is 1. The Balaban J connectivity index is 1.56.